The van der Waals surface area contributed by atoms with E-state index in [2.05, 4.69) is 9.97 Å². The number of nitrogens with zero attached hydrogens (tertiary/aromatic N) is 5. The third-order valence-corrected chi connectivity index (χ3v) is 11.1. The molecule has 1 saturated heterocycles. The number of anilines is 2. The highest BCUT2D eigenvalue weighted by molar-refractivity contribution is 7.92. The summed E-state index contributed by atoms with van der Waals surface area (Å²) in [7, 11) is 1.33. The number of aliphatic hydroxyl groups is 1. The van der Waals surface area contributed by atoms with Gasteiger partial charge in [0.25, 0.3) is 10.0 Å². The van der Waals surface area contributed by atoms with E-state index in [0.717, 1.165) is 34.9 Å². The minimum Gasteiger partial charge on any atom is -0.497 e. The molecule has 5 rings (SSSR count). The summed E-state index contributed by atoms with van der Waals surface area (Å²) in [6.45, 7) is -0.181. The van der Waals surface area contributed by atoms with Crippen LogP contribution in [0.25, 0.3) is 0 Å². The number of sulfonamides is 1. The molecule has 1 aliphatic rings. The van der Waals surface area contributed by atoms with Gasteiger partial charge in [-0.1, -0.05) is 18.2 Å². The average molecular weight is 736 g/mol. The van der Waals surface area contributed by atoms with Crippen LogP contribution in [0.15, 0.2) is 78.1 Å². The number of likely N-dealkylation sites (N-methyl/N-ethyl adjacent to an activating group) is 1. The van der Waals surface area contributed by atoms with Crippen molar-refractivity contribution >= 4 is 21.5 Å². The number of ether oxygens (including phenoxy) is 2. The lowest BCUT2D eigenvalue weighted by atomic mass is 9.79. The van der Waals surface area contributed by atoms with E-state index >= 15 is 8.78 Å². The number of halogens is 5. The highest BCUT2D eigenvalue weighted by Crippen LogP contribution is 2.38. The van der Waals surface area contributed by atoms with Gasteiger partial charge in [0.2, 0.25) is 0 Å². The highest BCUT2D eigenvalue weighted by Gasteiger charge is 2.45. The van der Waals surface area contributed by atoms with Crippen molar-refractivity contribution in [3.05, 3.63) is 102 Å². The summed E-state index contributed by atoms with van der Waals surface area (Å²) in [5.74, 6) is -2.14. The molecule has 2 heterocycles. The molecule has 1 N–H and O–H groups in total. The van der Waals surface area contributed by atoms with E-state index in [1.54, 1.807) is 48.2 Å². The Morgan fingerprint density at radius 3 is 2.35 bits per heavy atom. The van der Waals surface area contributed by atoms with E-state index in [9.17, 15) is 26.7 Å². The lowest BCUT2D eigenvalue weighted by molar-refractivity contribution is -0.137. The zero-order valence-corrected chi connectivity index (χ0v) is 29.2. The predicted octanol–water partition coefficient (Wildman–Crippen LogP) is 5.69. The summed E-state index contributed by atoms with van der Waals surface area (Å²) in [5, 5.41) is 11.2. The number of hydrogen-bond acceptors (Lipinski definition) is 9. The molecule has 0 radical (unpaired) electrons. The maximum atomic E-state index is 16.1. The Hall–Kier alpha value is -4.54. The predicted molar refractivity (Wildman–Crippen MR) is 180 cm³/mol. The van der Waals surface area contributed by atoms with E-state index in [-0.39, 0.29) is 49.6 Å². The molecule has 0 saturated carbocycles. The molecule has 16 heteroatoms. The first-order valence-electron chi connectivity index (χ1n) is 15.9. The van der Waals surface area contributed by atoms with Crippen LogP contribution in [0.5, 0.6) is 11.5 Å². The van der Waals surface area contributed by atoms with Crippen molar-refractivity contribution in [3.8, 4) is 11.5 Å². The highest BCUT2D eigenvalue weighted by atomic mass is 32.2. The summed E-state index contributed by atoms with van der Waals surface area (Å²) < 4.78 is 112. The van der Waals surface area contributed by atoms with Crippen LogP contribution in [0.4, 0.5) is 33.5 Å². The van der Waals surface area contributed by atoms with Crippen molar-refractivity contribution in [2.75, 3.05) is 50.6 Å². The fourth-order valence-electron chi connectivity index (χ4n) is 6.40. The first kappa shape index (κ1) is 37.7. The van der Waals surface area contributed by atoms with E-state index in [1.807, 2.05) is 0 Å². The second-order valence-corrected chi connectivity index (χ2v) is 14.2. The summed E-state index contributed by atoms with van der Waals surface area (Å²) in [6, 6.07) is 12.8. The number of benzene rings is 3. The minimum atomic E-state index is -4.94. The normalized spacial score (nSPS) is 18.2. The van der Waals surface area contributed by atoms with Crippen molar-refractivity contribution in [2.24, 2.45) is 0 Å². The molecule has 4 aromatic rings. The fourth-order valence-corrected chi connectivity index (χ4v) is 7.89. The van der Waals surface area contributed by atoms with Crippen LogP contribution < -0.4 is 18.7 Å². The van der Waals surface area contributed by atoms with Gasteiger partial charge in [0.1, 0.15) is 35.3 Å². The van der Waals surface area contributed by atoms with Crippen LogP contribution in [0.3, 0.4) is 0 Å². The van der Waals surface area contributed by atoms with Gasteiger partial charge in [-0.15, -0.1) is 0 Å². The Morgan fingerprint density at radius 1 is 1.02 bits per heavy atom. The number of hydrogen-bond donors (Lipinski definition) is 1. The molecule has 0 bridgehead atoms. The van der Waals surface area contributed by atoms with Crippen molar-refractivity contribution in [3.63, 3.8) is 0 Å². The van der Waals surface area contributed by atoms with Gasteiger partial charge in [0.05, 0.1) is 38.0 Å². The molecule has 10 nitrogen and oxygen atoms in total. The fraction of sp³-hybridized carbons (Fsp3) is 0.371. The summed E-state index contributed by atoms with van der Waals surface area (Å²) >= 11 is 0. The Bertz CT molecular complexity index is 1930. The average Bonchev–Trinajstić information content (AvgIpc) is 3.09. The Balaban J connectivity index is 1.47. The van der Waals surface area contributed by atoms with Gasteiger partial charge < -0.3 is 19.5 Å². The van der Waals surface area contributed by atoms with Gasteiger partial charge in [-0.25, -0.2) is 31.5 Å². The molecule has 0 amide bonds. The van der Waals surface area contributed by atoms with Gasteiger partial charge in [-0.3, -0.25) is 4.90 Å². The molecule has 0 spiro atoms. The SMILES string of the molecule is COc1ccc(CN(c2ccncn2)S(=O)(=O)c2c(F)cc(N3CC[C@@H](O)[C@@](CCc4cccc(C(F)(F)F)c4)(N(C)C)C3)cc2F)c(OC)c1. The van der Waals surface area contributed by atoms with Crippen LogP contribution in [-0.4, -0.2) is 81.4 Å². The first-order valence-corrected chi connectivity index (χ1v) is 17.3. The third-order valence-electron chi connectivity index (χ3n) is 9.28. The minimum absolute atomic E-state index is 0.0338. The molecule has 3 aromatic carbocycles. The smallest absolute Gasteiger partial charge is 0.416 e. The maximum Gasteiger partial charge on any atom is 0.416 e. The number of piperidine rings is 1. The van der Waals surface area contributed by atoms with E-state index in [1.165, 1.54) is 32.5 Å². The summed E-state index contributed by atoms with van der Waals surface area (Å²) in [4.78, 5) is 10.1. The van der Waals surface area contributed by atoms with E-state index in [4.69, 9.17) is 9.47 Å². The van der Waals surface area contributed by atoms with E-state index in [0.29, 0.717) is 16.9 Å². The molecule has 51 heavy (non-hydrogen) atoms. The zero-order valence-electron chi connectivity index (χ0n) is 28.4. The second-order valence-electron chi connectivity index (χ2n) is 12.4. The Labute approximate surface area is 293 Å². The van der Waals surface area contributed by atoms with Crippen molar-refractivity contribution in [1.82, 2.24) is 14.9 Å². The second kappa shape index (κ2) is 15.0. The standard InChI is InChI=1S/C35H38F5N5O5S/c1-43(2)34(13-10-23-6-5-7-25(16-23)35(38,39)40)21-44(15-12-31(34)46)26-17-28(36)33(29(37)18-26)51(47,48)45(32-11-14-41-22-42-32)20-24-8-9-27(49-3)19-30(24)50-4/h5-9,11,14,16-19,22,31,46H,10,12-13,15,20-21H2,1-4H3/t31-,34+/m1/s1. The lowest BCUT2D eigenvalue weighted by Gasteiger charge is -2.51. The Morgan fingerprint density at radius 2 is 1.75 bits per heavy atom. The Kier molecular flexibility index (Phi) is 11.1. The molecule has 0 aliphatic carbocycles. The monoisotopic (exact) mass is 735 g/mol. The van der Waals surface area contributed by atoms with Crippen molar-refractivity contribution < 1.29 is 45.0 Å². The van der Waals surface area contributed by atoms with Crippen LogP contribution in [0.2, 0.25) is 0 Å². The number of alkyl halides is 3. The van der Waals surface area contributed by atoms with Crippen molar-refractivity contribution in [2.45, 2.75) is 48.5 Å². The molecule has 274 valence electrons. The number of methoxy groups -OCH3 is 2. The molecular weight excluding hydrogens is 697 g/mol. The largest absolute Gasteiger partial charge is 0.497 e. The molecule has 2 atom stereocenters. The number of aliphatic hydroxyl groups excluding tert-OH is 1. The molecular formula is C35H38F5N5O5S. The maximum absolute atomic E-state index is 16.1. The molecule has 0 unspecified atom stereocenters. The topological polar surface area (TPSA) is 108 Å². The van der Waals surface area contributed by atoms with Crippen LogP contribution in [0, 0.1) is 11.6 Å². The van der Waals surface area contributed by atoms with Gasteiger partial charge in [0.15, 0.2) is 4.90 Å². The zero-order chi connectivity index (χ0) is 37.1. The van der Waals surface area contributed by atoms with Crippen LogP contribution in [-0.2, 0) is 29.2 Å². The summed E-state index contributed by atoms with van der Waals surface area (Å²) in [5.41, 5.74) is -0.998. The number of rotatable bonds is 12. The van der Waals surface area contributed by atoms with Crippen molar-refractivity contribution in [1.29, 1.82) is 0 Å². The molecule has 1 fully saturated rings. The van der Waals surface area contributed by atoms with Gasteiger partial charge >= 0.3 is 6.18 Å². The van der Waals surface area contributed by atoms with Crippen LogP contribution >= 0.6 is 0 Å². The van der Waals surface area contributed by atoms with Gasteiger partial charge in [-0.2, -0.15) is 13.2 Å². The van der Waals surface area contributed by atoms with Crippen LogP contribution in [0.1, 0.15) is 29.5 Å². The summed E-state index contributed by atoms with van der Waals surface area (Å²) in [6.07, 6.45) is -2.45. The van der Waals surface area contributed by atoms with E-state index < -0.39 is 56.5 Å². The number of aromatic nitrogens is 2. The van der Waals surface area contributed by atoms with Gasteiger partial charge in [-0.05, 0) is 69.3 Å². The lowest BCUT2D eigenvalue weighted by Crippen LogP contribution is -2.64. The number of aryl methyl sites for hydroxylation is 1. The molecule has 1 aromatic heterocycles. The first-order chi connectivity index (χ1) is 24.1. The van der Waals surface area contributed by atoms with Gasteiger partial charge in [0, 0.05) is 42.7 Å². The molecule has 1 aliphatic heterocycles. The quantitative estimate of drug-likeness (QED) is 0.184. The third kappa shape index (κ3) is 7.87.